The molecular formula is C76H46BiNO2. The van der Waals surface area contributed by atoms with Crippen LogP contribution in [0.15, 0.2) is 243 Å². The van der Waals surface area contributed by atoms with Gasteiger partial charge in [-0.05, 0) is 0 Å². The summed E-state index contributed by atoms with van der Waals surface area (Å²) in [5.41, 5.74) is 30.6. The van der Waals surface area contributed by atoms with Crippen LogP contribution in [-0.2, 0) is 10.8 Å². The van der Waals surface area contributed by atoms with Crippen LogP contribution in [0.3, 0.4) is 0 Å². The molecule has 0 bridgehead atoms. The summed E-state index contributed by atoms with van der Waals surface area (Å²) >= 11 is -3.41. The van der Waals surface area contributed by atoms with Crippen molar-refractivity contribution in [2.24, 2.45) is 0 Å². The van der Waals surface area contributed by atoms with Crippen molar-refractivity contribution in [3.05, 3.63) is 298 Å². The van der Waals surface area contributed by atoms with Gasteiger partial charge in [0.25, 0.3) is 0 Å². The van der Waals surface area contributed by atoms with Crippen LogP contribution in [0.4, 0.5) is 17.1 Å². The van der Waals surface area contributed by atoms with Gasteiger partial charge in [-0.2, -0.15) is 0 Å². The summed E-state index contributed by atoms with van der Waals surface area (Å²) in [4.78, 5) is 2.51. The van der Waals surface area contributed by atoms with Gasteiger partial charge in [0, 0.05) is 0 Å². The number of hydrogen-bond acceptors (Lipinski definition) is 3. The van der Waals surface area contributed by atoms with Gasteiger partial charge >= 0.3 is 476 Å². The quantitative estimate of drug-likeness (QED) is 0.165. The third-order valence-electron chi connectivity index (χ3n) is 18.9. The van der Waals surface area contributed by atoms with Gasteiger partial charge in [0.05, 0.1) is 0 Å². The summed E-state index contributed by atoms with van der Waals surface area (Å²) in [7, 11) is 0. The third-order valence-corrected chi connectivity index (χ3v) is 29.2. The molecule has 0 radical (unpaired) electrons. The van der Waals surface area contributed by atoms with E-state index in [0.717, 1.165) is 56.5 Å². The fourth-order valence-electron chi connectivity index (χ4n) is 15.8. The number of benzene rings is 12. The first kappa shape index (κ1) is 43.9. The normalized spacial score (nSPS) is 15.2. The van der Waals surface area contributed by atoms with Gasteiger partial charge in [-0.1, -0.05) is 0 Å². The predicted octanol–water partition coefficient (Wildman–Crippen LogP) is 16.8. The molecule has 3 aliphatic heterocycles. The van der Waals surface area contributed by atoms with Crippen LogP contribution in [0.2, 0.25) is 0 Å². The molecule has 0 N–H and O–H groups in total. The molecule has 372 valence electrons. The molecule has 12 aromatic rings. The van der Waals surface area contributed by atoms with Crippen molar-refractivity contribution in [3.63, 3.8) is 0 Å². The zero-order valence-corrected chi connectivity index (χ0v) is 47.3. The molecule has 0 unspecified atom stereocenters. The maximum atomic E-state index is 7.58. The summed E-state index contributed by atoms with van der Waals surface area (Å²) in [6, 6.07) is 92.2. The molecule has 4 aliphatic carbocycles. The fourth-order valence-corrected chi connectivity index (χ4v) is 27.0. The van der Waals surface area contributed by atoms with Crippen molar-refractivity contribution >= 4 is 48.6 Å². The molecule has 19 rings (SSSR count). The summed E-state index contributed by atoms with van der Waals surface area (Å²) in [6.45, 7) is 4.35. The monoisotopic (exact) mass is 1210 g/mol. The van der Waals surface area contributed by atoms with Crippen molar-refractivity contribution in [2.75, 3.05) is 4.90 Å². The second-order valence-corrected chi connectivity index (χ2v) is 30.6. The molecule has 4 heteroatoms. The second kappa shape index (κ2) is 15.4. The molecule has 80 heavy (non-hydrogen) atoms. The van der Waals surface area contributed by atoms with E-state index in [4.69, 9.17) is 9.47 Å². The van der Waals surface area contributed by atoms with Gasteiger partial charge in [-0.25, -0.2) is 0 Å². The van der Waals surface area contributed by atoms with Crippen LogP contribution in [0.25, 0.3) is 66.8 Å². The Morgan fingerprint density at radius 2 is 0.637 bits per heavy atom. The van der Waals surface area contributed by atoms with Crippen LogP contribution in [-0.4, -0.2) is 21.8 Å². The third kappa shape index (κ3) is 5.22. The van der Waals surface area contributed by atoms with Crippen molar-refractivity contribution in [3.8, 4) is 89.8 Å². The number of anilines is 3. The van der Waals surface area contributed by atoms with E-state index in [9.17, 15) is 0 Å². The summed E-state index contributed by atoms with van der Waals surface area (Å²) in [5.74, 6) is 3.85. The molecule has 0 atom stereocenters. The average molecular weight is 1210 g/mol. The summed E-state index contributed by atoms with van der Waals surface area (Å²) < 4.78 is 19.2. The van der Waals surface area contributed by atoms with E-state index in [1.807, 2.05) is 0 Å². The van der Waals surface area contributed by atoms with Gasteiger partial charge in [-0.3, -0.25) is 0 Å². The van der Waals surface area contributed by atoms with Crippen molar-refractivity contribution in [1.82, 2.24) is 0 Å². The Labute approximate surface area is 472 Å². The second-order valence-electron chi connectivity index (χ2n) is 22.7. The maximum absolute atomic E-state index is 7.58. The van der Waals surface area contributed by atoms with E-state index in [0.29, 0.717) is 0 Å². The molecule has 0 aromatic heterocycles. The Morgan fingerprint density at radius 3 is 1.01 bits per heavy atom. The Hall–Kier alpha value is -9.08. The van der Waals surface area contributed by atoms with Gasteiger partial charge in [0.2, 0.25) is 0 Å². The first-order valence-corrected chi connectivity index (χ1v) is 33.1. The Balaban J connectivity index is 0.854. The first-order valence-electron chi connectivity index (χ1n) is 27.9. The summed E-state index contributed by atoms with van der Waals surface area (Å²) in [5, 5.41) is 0. The van der Waals surface area contributed by atoms with Crippen molar-refractivity contribution < 1.29 is 9.47 Å². The van der Waals surface area contributed by atoms with Crippen LogP contribution in [0.5, 0.6) is 23.0 Å². The molecule has 12 aromatic carbocycles. The van der Waals surface area contributed by atoms with Gasteiger partial charge in [-0.15, -0.1) is 0 Å². The van der Waals surface area contributed by atoms with Crippen LogP contribution < -0.4 is 24.2 Å². The van der Waals surface area contributed by atoms with E-state index in [1.54, 1.807) is 0 Å². The van der Waals surface area contributed by atoms with Gasteiger partial charge in [0.1, 0.15) is 0 Å². The molecule has 2 spiro atoms. The predicted molar refractivity (Wildman–Crippen MR) is 325 cm³/mol. The average Bonchev–Trinajstić information content (AvgIpc) is 3.89. The number of rotatable bonds is 3. The minimum absolute atomic E-state index is 0.462. The number of ether oxygens (including phenoxy) is 2. The van der Waals surface area contributed by atoms with E-state index in [2.05, 4.69) is 261 Å². The zero-order valence-electron chi connectivity index (χ0n) is 43.8. The zero-order chi connectivity index (χ0) is 52.3. The van der Waals surface area contributed by atoms with Crippen LogP contribution in [0.1, 0.15) is 55.6 Å². The molecular weight excluding hydrogens is 1170 g/mol. The van der Waals surface area contributed by atoms with Crippen molar-refractivity contribution in [1.29, 1.82) is 0 Å². The van der Waals surface area contributed by atoms with Crippen LogP contribution in [0, 0.1) is 13.8 Å². The topological polar surface area (TPSA) is 21.7 Å². The van der Waals surface area contributed by atoms with Crippen molar-refractivity contribution in [2.45, 2.75) is 24.7 Å². The number of aryl methyl sites for hydroxylation is 2. The molecule has 0 saturated carbocycles. The number of fused-ring (bicyclic) bond motifs is 20. The van der Waals surface area contributed by atoms with E-state index in [-0.39, 0.29) is 0 Å². The summed E-state index contributed by atoms with van der Waals surface area (Å²) in [6.07, 6.45) is 0. The molecule has 0 fully saturated rings. The van der Waals surface area contributed by atoms with Gasteiger partial charge in [0.15, 0.2) is 0 Å². The molecule has 0 amide bonds. The fraction of sp³-hybridized carbons (Fsp3) is 0.0526. The minimum atomic E-state index is -3.41. The standard InChI is InChI=1S/C76H46NO2.Bi/c1-46-27-31-50(32-28-46)77-51-33-37-55(48-29-35-63-61-19-7-13-25-69(61)75(71(63)41-48)65-21-9-3-15-57(65)58-16-4-10-22-66(58)75)73(43-51)78-53-39-47(2)40-54(45-53)79-74-44-52(77)34-38-56(74)49-30-36-64-62-20-8-14-26-70(62)76(72(64)42-49)67-23-11-5-17-59(67)60-18-6-12-24-68(60)76;/h3-42H,1-2H3;. The Kier molecular flexibility index (Phi) is 8.43. The first-order chi connectivity index (χ1) is 39.5. The van der Waals surface area contributed by atoms with Crippen LogP contribution >= 0.6 is 0 Å². The molecule has 3 heterocycles. The number of hydrogen-bond donors (Lipinski definition) is 0. The Morgan fingerprint density at radius 1 is 0.300 bits per heavy atom. The molecule has 7 aliphatic rings. The number of nitrogens with zero attached hydrogens (tertiary/aromatic N) is 1. The molecule has 0 saturated heterocycles. The van der Waals surface area contributed by atoms with E-state index in [1.165, 1.54) is 116 Å². The molecule has 3 nitrogen and oxygen atoms in total. The SMILES string of the molecule is Cc1ccc(N2c3ccc(-c4ccc5c(c4)C4(c6ccccc6-c6ccccc64)c4ccccc4-5)c4[c]3[Bi]3[c]5c(cc(C)cc5Oc5c(-c6ccc7c(c6)C6(c8ccccc8-c8ccccc86)c6ccccc6-7)ccc2[c]53)O4)cc1. The van der Waals surface area contributed by atoms with E-state index >= 15 is 0 Å². The Bertz CT molecular complexity index is 4430. The van der Waals surface area contributed by atoms with E-state index < -0.39 is 32.6 Å². The van der Waals surface area contributed by atoms with Gasteiger partial charge < -0.3 is 0 Å².